The number of nitrogens with zero attached hydrogens (tertiary/aromatic N) is 2. The van der Waals surface area contributed by atoms with Crippen molar-refractivity contribution in [3.63, 3.8) is 0 Å². The fourth-order valence-corrected chi connectivity index (χ4v) is 3.82. The van der Waals surface area contributed by atoms with Crippen LogP contribution >= 0.6 is 0 Å². The van der Waals surface area contributed by atoms with Crippen LogP contribution in [0.1, 0.15) is 65.3 Å². The Balaban J connectivity index is 1.55. The van der Waals surface area contributed by atoms with Crippen molar-refractivity contribution in [1.29, 1.82) is 0 Å². The van der Waals surface area contributed by atoms with Gasteiger partial charge in [0, 0.05) is 48.7 Å². The molecule has 168 valence electrons. The molecule has 2 aromatic rings. The van der Waals surface area contributed by atoms with Crippen molar-refractivity contribution in [2.24, 2.45) is 4.99 Å². The van der Waals surface area contributed by atoms with Crippen molar-refractivity contribution < 1.29 is 9.59 Å². The van der Waals surface area contributed by atoms with Gasteiger partial charge in [-0.15, -0.1) is 0 Å². The maximum atomic E-state index is 12.8. The predicted molar refractivity (Wildman–Crippen MR) is 128 cm³/mol. The Labute approximate surface area is 189 Å². The second-order valence-electron chi connectivity index (χ2n) is 8.85. The van der Waals surface area contributed by atoms with E-state index in [2.05, 4.69) is 20.9 Å². The molecular formula is C25H31N5O2. The number of amides is 2. The third kappa shape index (κ3) is 5.28. The molecule has 2 aliphatic rings. The minimum Gasteiger partial charge on any atom is -0.356 e. The van der Waals surface area contributed by atoms with Crippen LogP contribution in [0.5, 0.6) is 0 Å². The number of anilines is 2. The second-order valence-corrected chi connectivity index (χ2v) is 8.85. The summed E-state index contributed by atoms with van der Waals surface area (Å²) < 4.78 is 0. The SMILES string of the molecule is CC(C)NC(=O)c1cccc(Nc2ccc(C(=O)/N=C3\NCCCN3C)cc2C2CC2)c1. The largest absolute Gasteiger partial charge is 0.356 e. The number of nitrogens with one attached hydrogen (secondary N) is 3. The Morgan fingerprint density at radius 1 is 1.12 bits per heavy atom. The Morgan fingerprint density at radius 3 is 2.66 bits per heavy atom. The molecule has 0 aromatic heterocycles. The highest BCUT2D eigenvalue weighted by Crippen LogP contribution is 2.44. The summed E-state index contributed by atoms with van der Waals surface area (Å²) >= 11 is 0. The monoisotopic (exact) mass is 433 g/mol. The maximum absolute atomic E-state index is 12.8. The molecule has 4 rings (SSSR count). The van der Waals surface area contributed by atoms with E-state index in [1.807, 2.05) is 68.3 Å². The highest BCUT2D eigenvalue weighted by Gasteiger charge is 2.27. The minimum atomic E-state index is -0.234. The van der Waals surface area contributed by atoms with Crippen molar-refractivity contribution in [2.75, 3.05) is 25.5 Å². The fraction of sp³-hybridized carbons (Fsp3) is 0.400. The lowest BCUT2D eigenvalue weighted by atomic mass is 10.0. The molecule has 0 atom stereocenters. The Kier molecular flexibility index (Phi) is 6.44. The molecule has 0 spiro atoms. The standard InChI is InChI=1S/C25H31N5O2/c1-16(2)27-23(31)18-6-4-7-20(14-18)28-22-11-10-19(15-21(22)17-8-9-17)24(32)29-25-26-12-5-13-30(25)3/h4,6-7,10-11,14-17,28H,5,8-9,12-13H2,1-3H3,(H,27,31)(H,26,29,32). The van der Waals surface area contributed by atoms with Crippen LogP contribution in [0.2, 0.25) is 0 Å². The summed E-state index contributed by atoms with van der Waals surface area (Å²) in [6.07, 6.45) is 3.26. The van der Waals surface area contributed by atoms with E-state index in [0.29, 0.717) is 23.0 Å². The summed E-state index contributed by atoms with van der Waals surface area (Å²) in [5.41, 5.74) is 4.14. The van der Waals surface area contributed by atoms with Crippen LogP contribution in [0, 0.1) is 0 Å². The minimum absolute atomic E-state index is 0.0813. The fourth-order valence-electron chi connectivity index (χ4n) is 3.82. The molecule has 3 N–H and O–H groups in total. The molecule has 1 aliphatic heterocycles. The first-order chi connectivity index (χ1) is 15.4. The number of hydrogen-bond acceptors (Lipinski definition) is 3. The van der Waals surface area contributed by atoms with Crippen LogP contribution in [0.25, 0.3) is 0 Å². The number of carbonyl (C=O) groups is 2. The molecule has 2 aromatic carbocycles. The highest BCUT2D eigenvalue weighted by atomic mass is 16.2. The number of rotatable bonds is 6. The van der Waals surface area contributed by atoms with Crippen molar-refractivity contribution in [2.45, 2.75) is 45.1 Å². The lowest BCUT2D eigenvalue weighted by Gasteiger charge is -2.26. The molecule has 32 heavy (non-hydrogen) atoms. The molecule has 1 saturated carbocycles. The molecule has 0 bridgehead atoms. The third-order valence-corrected chi connectivity index (χ3v) is 5.66. The van der Waals surface area contributed by atoms with Gasteiger partial charge < -0.3 is 20.9 Å². The number of carbonyl (C=O) groups excluding carboxylic acids is 2. The van der Waals surface area contributed by atoms with Gasteiger partial charge in [0.25, 0.3) is 11.8 Å². The van der Waals surface area contributed by atoms with E-state index in [9.17, 15) is 9.59 Å². The van der Waals surface area contributed by atoms with Crippen molar-refractivity contribution in [3.05, 3.63) is 59.2 Å². The zero-order valence-electron chi connectivity index (χ0n) is 18.9. The first-order valence-corrected chi connectivity index (χ1v) is 11.3. The van der Waals surface area contributed by atoms with Crippen LogP contribution in [-0.2, 0) is 0 Å². The highest BCUT2D eigenvalue weighted by molar-refractivity contribution is 6.03. The molecule has 1 aliphatic carbocycles. The quantitative estimate of drug-likeness (QED) is 0.644. The molecule has 0 unspecified atom stereocenters. The number of guanidine groups is 1. The Hall–Kier alpha value is -3.35. The van der Waals surface area contributed by atoms with Crippen LogP contribution < -0.4 is 16.0 Å². The smallest absolute Gasteiger partial charge is 0.280 e. The van der Waals surface area contributed by atoms with Crippen LogP contribution in [0.3, 0.4) is 0 Å². The van der Waals surface area contributed by atoms with Gasteiger partial charge in [-0.3, -0.25) is 9.59 Å². The van der Waals surface area contributed by atoms with Crippen LogP contribution in [0.15, 0.2) is 47.5 Å². The van der Waals surface area contributed by atoms with Gasteiger partial charge in [-0.1, -0.05) is 6.07 Å². The molecule has 7 heteroatoms. The number of aliphatic imine (C=N–C) groups is 1. The average Bonchev–Trinajstić information content (AvgIpc) is 3.61. The molecule has 0 radical (unpaired) electrons. The lowest BCUT2D eigenvalue weighted by molar-refractivity contribution is 0.0942. The zero-order chi connectivity index (χ0) is 22.7. The summed E-state index contributed by atoms with van der Waals surface area (Å²) in [7, 11) is 1.94. The average molecular weight is 434 g/mol. The van der Waals surface area contributed by atoms with E-state index in [1.165, 1.54) is 0 Å². The third-order valence-electron chi connectivity index (χ3n) is 5.66. The van der Waals surface area contributed by atoms with Gasteiger partial charge in [0.1, 0.15) is 0 Å². The summed E-state index contributed by atoms with van der Waals surface area (Å²) in [5.74, 6) is 0.753. The van der Waals surface area contributed by atoms with Gasteiger partial charge in [-0.05, 0) is 81.0 Å². The summed E-state index contributed by atoms with van der Waals surface area (Å²) in [5, 5.41) is 9.57. The first kappa shape index (κ1) is 21.9. The lowest BCUT2D eigenvalue weighted by Crippen LogP contribution is -2.45. The van der Waals surface area contributed by atoms with E-state index in [0.717, 1.165) is 49.3 Å². The normalized spacial score (nSPS) is 17.2. The topological polar surface area (TPSA) is 85.8 Å². The van der Waals surface area contributed by atoms with Crippen molar-refractivity contribution >= 4 is 29.1 Å². The van der Waals surface area contributed by atoms with Gasteiger partial charge in [0.15, 0.2) is 0 Å². The van der Waals surface area contributed by atoms with Crippen molar-refractivity contribution in [3.8, 4) is 0 Å². The van der Waals surface area contributed by atoms with E-state index in [4.69, 9.17) is 0 Å². The Morgan fingerprint density at radius 2 is 1.94 bits per heavy atom. The van der Waals surface area contributed by atoms with Gasteiger partial charge in [0.05, 0.1) is 0 Å². The molecule has 1 saturated heterocycles. The molecule has 2 amide bonds. The maximum Gasteiger partial charge on any atom is 0.280 e. The molecule has 7 nitrogen and oxygen atoms in total. The van der Waals surface area contributed by atoms with E-state index in [-0.39, 0.29) is 17.9 Å². The van der Waals surface area contributed by atoms with E-state index >= 15 is 0 Å². The van der Waals surface area contributed by atoms with E-state index in [1.54, 1.807) is 0 Å². The zero-order valence-corrected chi connectivity index (χ0v) is 18.9. The van der Waals surface area contributed by atoms with E-state index < -0.39 is 0 Å². The number of benzene rings is 2. The van der Waals surface area contributed by atoms with Gasteiger partial charge in [-0.2, -0.15) is 4.99 Å². The van der Waals surface area contributed by atoms with Crippen molar-refractivity contribution in [1.82, 2.24) is 15.5 Å². The van der Waals surface area contributed by atoms with Gasteiger partial charge >= 0.3 is 0 Å². The summed E-state index contributed by atoms with van der Waals surface area (Å²) in [4.78, 5) is 31.4. The molecule has 1 heterocycles. The van der Waals surface area contributed by atoms with Crippen LogP contribution in [0.4, 0.5) is 11.4 Å². The van der Waals surface area contributed by atoms with Gasteiger partial charge in [-0.25, -0.2) is 0 Å². The van der Waals surface area contributed by atoms with Gasteiger partial charge in [0.2, 0.25) is 5.96 Å². The van der Waals surface area contributed by atoms with Crippen LogP contribution in [-0.4, -0.2) is 48.9 Å². The number of hydrogen-bond donors (Lipinski definition) is 3. The Bertz CT molecular complexity index is 1040. The predicted octanol–water partition coefficient (Wildman–Crippen LogP) is 3.87. The first-order valence-electron chi connectivity index (χ1n) is 11.3. The molecular weight excluding hydrogens is 402 g/mol. The second kappa shape index (κ2) is 9.42. The summed E-state index contributed by atoms with van der Waals surface area (Å²) in [6, 6.07) is 13.3. The summed E-state index contributed by atoms with van der Waals surface area (Å²) in [6.45, 7) is 5.61. The molecule has 2 fully saturated rings.